The number of rotatable bonds is 2. The zero-order valence-corrected chi connectivity index (χ0v) is 8.40. The van der Waals surface area contributed by atoms with Crippen LogP contribution < -0.4 is 5.32 Å². The molecule has 0 saturated carbocycles. The van der Waals surface area contributed by atoms with Crippen molar-refractivity contribution in [1.82, 2.24) is 14.8 Å². The van der Waals surface area contributed by atoms with Gasteiger partial charge in [0.15, 0.2) is 5.82 Å². The normalized spacial score (nSPS) is 10.5. The highest BCUT2D eigenvalue weighted by Gasteiger charge is 2.12. The average molecular weight is 192 g/mol. The summed E-state index contributed by atoms with van der Waals surface area (Å²) in [5, 5.41) is 11.0. The van der Waals surface area contributed by atoms with Gasteiger partial charge in [-0.3, -0.25) is 4.57 Å². The molecule has 74 valence electrons. The Kier molecular flexibility index (Phi) is 1.99. The molecule has 2 aromatic rings. The van der Waals surface area contributed by atoms with Crippen LogP contribution in [-0.4, -0.2) is 21.8 Å². The third-order valence-electron chi connectivity index (χ3n) is 2.20. The summed E-state index contributed by atoms with van der Waals surface area (Å²) in [6.45, 7) is 1.91. The van der Waals surface area contributed by atoms with E-state index in [0.29, 0.717) is 0 Å². The van der Waals surface area contributed by atoms with E-state index in [9.17, 15) is 0 Å². The first-order valence-electron chi connectivity index (χ1n) is 4.35. The lowest BCUT2D eigenvalue weighted by Crippen LogP contribution is -1.99. The molecule has 0 amide bonds. The lowest BCUT2D eigenvalue weighted by molar-refractivity contribution is 0.535. The minimum absolute atomic E-state index is 0.737. The average Bonchev–Trinajstić information content (AvgIpc) is 2.72. The van der Waals surface area contributed by atoms with Gasteiger partial charge in [0.25, 0.3) is 0 Å². The number of anilines is 1. The molecule has 5 nitrogen and oxygen atoms in total. The van der Waals surface area contributed by atoms with Crippen molar-refractivity contribution in [2.24, 2.45) is 7.05 Å². The van der Waals surface area contributed by atoms with E-state index < -0.39 is 0 Å². The first kappa shape index (κ1) is 8.80. The molecule has 5 heteroatoms. The van der Waals surface area contributed by atoms with Gasteiger partial charge in [0.1, 0.15) is 5.76 Å². The Labute approximate surface area is 81.8 Å². The van der Waals surface area contributed by atoms with Crippen molar-refractivity contribution in [3.63, 3.8) is 0 Å². The Hall–Kier alpha value is -1.78. The van der Waals surface area contributed by atoms with Gasteiger partial charge >= 0.3 is 0 Å². The summed E-state index contributed by atoms with van der Waals surface area (Å²) >= 11 is 0. The number of nitrogens with one attached hydrogen (secondary N) is 1. The quantitative estimate of drug-likeness (QED) is 0.781. The highest BCUT2D eigenvalue weighted by Crippen LogP contribution is 2.23. The third-order valence-corrected chi connectivity index (χ3v) is 2.20. The van der Waals surface area contributed by atoms with Gasteiger partial charge in [0, 0.05) is 14.1 Å². The molecule has 0 bridgehead atoms. The van der Waals surface area contributed by atoms with Crippen LogP contribution in [0.1, 0.15) is 5.76 Å². The van der Waals surface area contributed by atoms with Crippen LogP contribution in [0.4, 0.5) is 5.95 Å². The smallest absolute Gasteiger partial charge is 0.224 e. The molecular weight excluding hydrogens is 180 g/mol. The van der Waals surface area contributed by atoms with E-state index in [1.807, 2.05) is 31.7 Å². The number of hydrogen-bond acceptors (Lipinski definition) is 4. The summed E-state index contributed by atoms with van der Waals surface area (Å²) in [6.07, 6.45) is 1.65. The molecule has 1 N–H and O–H groups in total. The van der Waals surface area contributed by atoms with E-state index in [0.717, 1.165) is 23.1 Å². The molecule has 0 aromatic carbocycles. The topological polar surface area (TPSA) is 55.9 Å². The van der Waals surface area contributed by atoms with Crippen LogP contribution in [0.25, 0.3) is 11.4 Å². The van der Waals surface area contributed by atoms with Gasteiger partial charge in [-0.1, -0.05) is 0 Å². The van der Waals surface area contributed by atoms with Gasteiger partial charge < -0.3 is 9.73 Å². The highest BCUT2D eigenvalue weighted by molar-refractivity contribution is 5.58. The standard InChI is InChI=1S/C9H12N4O/c1-6-7(4-5-14-6)8-11-12-9(10-2)13(8)3/h4-5H,1-3H3,(H,10,12). The fourth-order valence-corrected chi connectivity index (χ4v) is 1.40. The lowest BCUT2D eigenvalue weighted by Gasteiger charge is -2.01. The number of nitrogens with zero attached hydrogens (tertiary/aromatic N) is 3. The van der Waals surface area contributed by atoms with Crippen molar-refractivity contribution >= 4 is 5.95 Å². The zero-order chi connectivity index (χ0) is 10.1. The maximum atomic E-state index is 5.22. The molecule has 2 aromatic heterocycles. The summed E-state index contributed by atoms with van der Waals surface area (Å²) in [6, 6.07) is 1.89. The molecule has 14 heavy (non-hydrogen) atoms. The second kappa shape index (κ2) is 3.17. The van der Waals surface area contributed by atoms with Crippen molar-refractivity contribution < 1.29 is 4.42 Å². The van der Waals surface area contributed by atoms with Crippen molar-refractivity contribution in [3.05, 3.63) is 18.1 Å². The number of aryl methyl sites for hydroxylation is 1. The maximum Gasteiger partial charge on any atom is 0.224 e. The molecule has 0 saturated heterocycles. The second-order valence-corrected chi connectivity index (χ2v) is 3.05. The van der Waals surface area contributed by atoms with Crippen molar-refractivity contribution in [3.8, 4) is 11.4 Å². The van der Waals surface area contributed by atoms with E-state index in [4.69, 9.17) is 4.42 Å². The van der Waals surface area contributed by atoms with Crippen LogP contribution in [0.5, 0.6) is 0 Å². The molecule has 0 aliphatic rings. The molecule has 0 unspecified atom stereocenters. The van der Waals surface area contributed by atoms with Gasteiger partial charge in [-0.05, 0) is 13.0 Å². The molecule has 0 aliphatic heterocycles. The SMILES string of the molecule is CNc1nnc(-c2ccoc2C)n1C. The Bertz CT molecular complexity index is 443. The minimum atomic E-state index is 0.737. The molecular formula is C9H12N4O. The van der Waals surface area contributed by atoms with E-state index in [1.54, 1.807) is 6.26 Å². The fourth-order valence-electron chi connectivity index (χ4n) is 1.40. The predicted molar refractivity (Wildman–Crippen MR) is 53.0 cm³/mol. The first-order valence-corrected chi connectivity index (χ1v) is 4.35. The van der Waals surface area contributed by atoms with E-state index in [2.05, 4.69) is 15.5 Å². The van der Waals surface area contributed by atoms with Crippen molar-refractivity contribution in [2.45, 2.75) is 6.92 Å². The monoisotopic (exact) mass is 192 g/mol. The van der Waals surface area contributed by atoms with Gasteiger partial charge in [0.2, 0.25) is 5.95 Å². The summed E-state index contributed by atoms with van der Waals surface area (Å²) in [5.41, 5.74) is 0.974. The highest BCUT2D eigenvalue weighted by atomic mass is 16.3. The maximum absolute atomic E-state index is 5.22. The van der Waals surface area contributed by atoms with Crippen molar-refractivity contribution in [1.29, 1.82) is 0 Å². The zero-order valence-electron chi connectivity index (χ0n) is 8.40. The van der Waals surface area contributed by atoms with Crippen LogP contribution in [-0.2, 0) is 7.05 Å². The second-order valence-electron chi connectivity index (χ2n) is 3.05. The molecule has 0 atom stereocenters. The Balaban J connectivity index is 2.52. The molecule has 0 fully saturated rings. The number of aromatic nitrogens is 3. The Morgan fingerprint density at radius 1 is 1.43 bits per heavy atom. The van der Waals surface area contributed by atoms with Gasteiger partial charge in [-0.15, -0.1) is 10.2 Å². The largest absolute Gasteiger partial charge is 0.469 e. The van der Waals surface area contributed by atoms with Crippen LogP contribution in [0.2, 0.25) is 0 Å². The predicted octanol–water partition coefficient (Wildman–Crippen LogP) is 1.43. The summed E-state index contributed by atoms with van der Waals surface area (Å²) in [4.78, 5) is 0. The molecule has 0 radical (unpaired) electrons. The minimum Gasteiger partial charge on any atom is -0.469 e. The van der Waals surface area contributed by atoms with Crippen molar-refractivity contribution in [2.75, 3.05) is 12.4 Å². The number of furan rings is 1. The molecule has 2 rings (SSSR count). The van der Waals surface area contributed by atoms with Crippen LogP contribution in [0.15, 0.2) is 16.7 Å². The van der Waals surface area contributed by atoms with Gasteiger partial charge in [-0.2, -0.15) is 0 Å². The third kappa shape index (κ3) is 1.17. The van der Waals surface area contributed by atoms with Gasteiger partial charge in [0.05, 0.1) is 11.8 Å². The van der Waals surface area contributed by atoms with E-state index >= 15 is 0 Å². The first-order chi connectivity index (χ1) is 6.74. The molecule has 0 spiro atoms. The van der Waals surface area contributed by atoms with Gasteiger partial charge in [-0.25, -0.2) is 0 Å². The number of hydrogen-bond donors (Lipinski definition) is 1. The Morgan fingerprint density at radius 2 is 2.21 bits per heavy atom. The molecule has 2 heterocycles. The summed E-state index contributed by atoms with van der Waals surface area (Å²) < 4.78 is 7.10. The fraction of sp³-hybridized carbons (Fsp3) is 0.333. The Morgan fingerprint density at radius 3 is 2.71 bits per heavy atom. The van der Waals surface area contributed by atoms with Crippen LogP contribution in [0.3, 0.4) is 0 Å². The van der Waals surface area contributed by atoms with Crippen LogP contribution >= 0.6 is 0 Å². The van der Waals surface area contributed by atoms with E-state index in [1.165, 1.54) is 0 Å². The molecule has 0 aliphatic carbocycles. The summed E-state index contributed by atoms with van der Waals surface area (Å²) in [7, 11) is 3.73. The van der Waals surface area contributed by atoms with E-state index in [-0.39, 0.29) is 0 Å². The lowest BCUT2D eigenvalue weighted by atomic mass is 10.2. The van der Waals surface area contributed by atoms with Crippen LogP contribution in [0, 0.1) is 6.92 Å². The summed E-state index contributed by atoms with van der Waals surface area (Å²) in [5.74, 6) is 2.39.